The van der Waals surface area contributed by atoms with Crippen molar-refractivity contribution in [3.8, 4) is 17.2 Å². The van der Waals surface area contributed by atoms with Gasteiger partial charge in [-0.1, -0.05) is 18.2 Å². The summed E-state index contributed by atoms with van der Waals surface area (Å²) in [6.07, 6.45) is 0.281. The van der Waals surface area contributed by atoms with E-state index in [0.717, 1.165) is 22.6 Å². The van der Waals surface area contributed by atoms with Crippen LogP contribution in [0.15, 0.2) is 52.9 Å². The minimum atomic E-state index is -0.0986. The van der Waals surface area contributed by atoms with Gasteiger partial charge in [-0.05, 0) is 42.8 Å². The Kier molecular flexibility index (Phi) is 5.34. The van der Waals surface area contributed by atoms with E-state index in [0.29, 0.717) is 23.9 Å². The molecule has 0 saturated carbocycles. The zero-order valence-electron chi connectivity index (χ0n) is 14.8. The highest BCUT2D eigenvalue weighted by Crippen LogP contribution is 2.24. The number of anilines is 1. The van der Waals surface area contributed by atoms with Crippen LogP contribution in [0.5, 0.6) is 5.75 Å². The zero-order valence-corrected chi connectivity index (χ0v) is 14.8. The molecule has 1 amide bonds. The smallest absolute Gasteiger partial charge is 0.228 e. The second-order valence-electron chi connectivity index (χ2n) is 5.88. The average molecular weight is 351 g/mol. The lowest BCUT2D eigenvalue weighted by Crippen LogP contribution is -2.14. The number of aryl methyl sites for hydroxylation is 1. The Balaban J connectivity index is 1.70. The largest absolute Gasteiger partial charge is 0.497 e. The van der Waals surface area contributed by atoms with Crippen molar-refractivity contribution in [2.24, 2.45) is 5.73 Å². The van der Waals surface area contributed by atoms with Gasteiger partial charge in [0.25, 0.3) is 0 Å². The molecule has 0 radical (unpaired) electrons. The Hall–Kier alpha value is -3.12. The summed E-state index contributed by atoms with van der Waals surface area (Å²) >= 11 is 0. The van der Waals surface area contributed by atoms with Crippen LogP contribution in [-0.2, 0) is 17.8 Å². The molecule has 0 saturated heterocycles. The van der Waals surface area contributed by atoms with Crippen LogP contribution in [-0.4, -0.2) is 18.0 Å². The molecule has 3 N–H and O–H groups in total. The monoisotopic (exact) mass is 351 g/mol. The number of aromatic nitrogens is 1. The molecule has 6 nitrogen and oxygen atoms in total. The van der Waals surface area contributed by atoms with Crippen LogP contribution in [0.3, 0.4) is 0 Å². The number of nitrogens with zero attached hydrogens (tertiary/aromatic N) is 1. The van der Waals surface area contributed by atoms with Gasteiger partial charge in [0.2, 0.25) is 11.8 Å². The molecule has 0 fully saturated rings. The average Bonchev–Trinajstić information content (AvgIpc) is 3.03. The van der Waals surface area contributed by atoms with Crippen LogP contribution in [0.1, 0.15) is 17.0 Å². The minimum absolute atomic E-state index is 0.0986. The minimum Gasteiger partial charge on any atom is -0.497 e. The number of benzene rings is 2. The Bertz CT molecular complexity index is 901. The second kappa shape index (κ2) is 7.84. The molecule has 2 aromatic carbocycles. The van der Waals surface area contributed by atoms with Crippen LogP contribution in [0.4, 0.5) is 5.69 Å². The lowest BCUT2D eigenvalue weighted by Gasteiger charge is -2.07. The van der Waals surface area contributed by atoms with Gasteiger partial charge >= 0.3 is 0 Å². The van der Waals surface area contributed by atoms with Gasteiger partial charge in [-0.2, -0.15) is 0 Å². The van der Waals surface area contributed by atoms with Gasteiger partial charge in [0, 0.05) is 17.8 Å². The molecule has 1 aromatic heterocycles. The van der Waals surface area contributed by atoms with E-state index < -0.39 is 0 Å². The van der Waals surface area contributed by atoms with Crippen LogP contribution in [0.25, 0.3) is 11.5 Å². The van der Waals surface area contributed by atoms with E-state index in [1.165, 1.54) is 0 Å². The number of carbonyl (C=O) groups excluding carboxylic acids is 1. The van der Waals surface area contributed by atoms with Crippen molar-refractivity contribution in [1.29, 1.82) is 0 Å². The van der Waals surface area contributed by atoms with Gasteiger partial charge < -0.3 is 20.2 Å². The van der Waals surface area contributed by atoms with Gasteiger partial charge in [0.1, 0.15) is 11.5 Å². The Morgan fingerprint density at radius 1 is 1.23 bits per heavy atom. The number of hydrogen-bond acceptors (Lipinski definition) is 5. The van der Waals surface area contributed by atoms with E-state index in [-0.39, 0.29) is 12.3 Å². The van der Waals surface area contributed by atoms with E-state index in [9.17, 15) is 4.79 Å². The van der Waals surface area contributed by atoms with E-state index in [4.69, 9.17) is 14.9 Å². The maximum absolute atomic E-state index is 12.3. The fourth-order valence-corrected chi connectivity index (χ4v) is 2.60. The first-order valence-corrected chi connectivity index (χ1v) is 8.28. The first-order valence-electron chi connectivity index (χ1n) is 8.28. The van der Waals surface area contributed by atoms with E-state index >= 15 is 0 Å². The van der Waals surface area contributed by atoms with Crippen LogP contribution in [0, 0.1) is 6.92 Å². The second-order valence-corrected chi connectivity index (χ2v) is 5.88. The first kappa shape index (κ1) is 17.7. The van der Waals surface area contributed by atoms with Crippen molar-refractivity contribution in [3.05, 3.63) is 65.5 Å². The van der Waals surface area contributed by atoms with Crippen molar-refractivity contribution < 1.29 is 13.9 Å². The lowest BCUT2D eigenvalue weighted by molar-refractivity contribution is -0.115. The normalized spacial score (nSPS) is 10.6. The number of oxazole rings is 1. The molecular formula is C20H21N3O3. The number of hydrogen-bond donors (Lipinski definition) is 2. The molecule has 26 heavy (non-hydrogen) atoms. The number of amides is 1. The Morgan fingerprint density at radius 3 is 2.65 bits per heavy atom. The summed E-state index contributed by atoms with van der Waals surface area (Å²) in [6, 6.07) is 14.8. The SMILES string of the molecule is COc1ccc(CC(=O)Nc2cccc(-c3nc(CN)c(C)o3)c2)cc1. The molecule has 6 heteroatoms. The molecule has 0 aliphatic carbocycles. The van der Waals surface area contributed by atoms with Gasteiger partial charge in [-0.3, -0.25) is 4.79 Å². The summed E-state index contributed by atoms with van der Waals surface area (Å²) in [6.45, 7) is 2.16. The van der Waals surface area contributed by atoms with Gasteiger partial charge in [0.05, 0.1) is 19.2 Å². The quantitative estimate of drug-likeness (QED) is 0.711. The number of carbonyl (C=O) groups is 1. The number of methoxy groups -OCH3 is 1. The van der Waals surface area contributed by atoms with Crippen molar-refractivity contribution >= 4 is 11.6 Å². The summed E-state index contributed by atoms with van der Waals surface area (Å²) in [4.78, 5) is 16.7. The molecule has 134 valence electrons. The fraction of sp³-hybridized carbons (Fsp3) is 0.200. The zero-order chi connectivity index (χ0) is 18.5. The predicted octanol–water partition coefficient (Wildman–Crippen LogP) is 3.30. The summed E-state index contributed by atoms with van der Waals surface area (Å²) in [5, 5.41) is 2.90. The lowest BCUT2D eigenvalue weighted by atomic mass is 10.1. The molecule has 1 heterocycles. The molecule has 0 aliphatic heterocycles. The molecule has 3 aromatic rings. The van der Waals surface area contributed by atoms with Crippen LogP contribution >= 0.6 is 0 Å². The number of nitrogens with one attached hydrogen (secondary N) is 1. The fourth-order valence-electron chi connectivity index (χ4n) is 2.60. The molecule has 3 rings (SSSR count). The molecule has 0 spiro atoms. The third kappa shape index (κ3) is 4.10. The van der Waals surface area contributed by atoms with E-state index in [2.05, 4.69) is 10.3 Å². The maximum Gasteiger partial charge on any atom is 0.228 e. The van der Waals surface area contributed by atoms with Crippen LogP contribution in [0.2, 0.25) is 0 Å². The molecule has 0 aliphatic rings. The van der Waals surface area contributed by atoms with Crippen LogP contribution < -0.4 is 15.8 Å². The van der Waals surface area contributed by atoms with Crippen molar-refractivity contribution in [1.82, 2.24) is 4.98 Å². The standard InChI is InChI=1S/C20H21N3O3/c1-13-18(12-21)23-20(26-13)15-4-3-5-16(11-15)22-19(24)10-14-6-8-17(25-2)9-7-14/h3-9,11H,10,12,21H2,1-2H3,(H,22,24). The highest BCUT2D eigenvalue weighted by atomic mass is 16.5. The third-order valence-electron chi connectivity index (χ3n) is 4.00. The third-order valence-corrected chi connectivity index (χ3v) is 4.00. The van der Waals surface area contributed by atoms with Gasteiger partial charge in [-0.15, -0.1) is 0 Å². The highest BCUT2D eigenvalue weighted by Gasteiger charge is 2.11. The van der Waals surface area contributed by atoms with Crippen molar-refractivity contribution in [3.63, 3.8) is 0 Å². The number of nitrogens with two attached hydrogens (primary N) is 1. The molecule has 0 atom stereocenters. The summed E-state index contributed by atoms with van der Waals surface area (Å²) in [5.41, 5.74) is 8.76. The number of rotatable bonds is 6. The summed E-state index contributed by atoms with van der Waals surface area (Å²) in [7, 11) is 1.61. The molecular weight excluding hydrogens is 330 g/mol. The van der Waals surface area contributed by atoms with Crippen molar-refractivity contribution in [2.45, 2.75) is 19.9 Å². The summed E-state index contributed by atoms with van der Waals surface area (Å²) < 4.78 is 10.8. The summed E-state index contributed by atoms with van der Waals surface area (Å²) in [5.74, 6) is 1.86. The van der Waals surface area contributed by atoms with Crippen molar-refractivity contribution in [2.75, 3.05) is 12.4 Å². The molecule has 0 bridgehead atoms. The first-order chi connectivity index (χ1) is 12.6. The predicted molar refractivity (Wildman–Crippen MR) is 99.9 cm³/mol. The van der Waals surface area contributed by atoms with Gasteiger partial charge in [-0.25, -0.2) is 4.98 Å². The van der Waals surface area contributed by atoms with E-state index in [1.807, 2.05) is 55.5 Å². The topological polar surface area (TPSA) is 90.4 Å². The number of ether oxygens (including phenoxy) is 1. The Morgan fingerprint density at radius 2 is 2.00 bits per heavy atom. The maximum atomic E-state index is 12.3. The highest BCUT2D eigenvalue weighted by molar-refractivity contribution is 5.92. The van der Waals surface area contributed by atoms with E-state index in [1.54, 1.807) is 7.11 Å². The Labute approximate surface area is 152 Å². The van der Waals surface area contributed by atoms with Gasteiger partial charge in [0.15, 0.2) is 0 Å². The molecule has 0 unspecified atom stereocenters.